The molecule has 84 valence electrons. The minimum absolute atomic E-state index is 0.446. The first-order chi connectivity index (χ1) is 7.09. The molecule has 4 N–H and O–H groups in total. The summed E-state index contributed by atoms with van der Waals surface area (Å²) in [6, 6.07) is 3.25. The Labute approximate surface area is 101 Å². The molecule has 0 saturated heterocycles. The molecule has 0 aliphatic carbocycles. The lowest BCUT2D eigenvalue weighted by molar-refractivity contribution is -0.138. The highest BCUT2D eigenvalue weighted by molar-refractivity contribution is 9.11. The topological polar surface area (TPSA) is 75.3 Å². The number of nitrogens with two attached hydrogens (primary N) is 1. The molecule has 0 aromatic carbocycles. The number of carboxylic acid groups (broad SMARTS) is 1. The number of halogens is 1. The van der Waals surface area contributed by atoms with Crippen LogP contribution in [0.25, 0.3) is 0 Å². The summed E-state index contributed by atoms with van der Waals surface area (Å²) in [5.74, 6) is -0.948. The second-order valence-electron chi connectivity index (χ2n) is 3.12. The van der Waals surface area contributed by atoms with Crippen LogP contribution in [0.5, 0.6) is 0 Å². The number of nitrogens with one attached hydrogen (secondary N) is 1. The molecular weight excluding hydrogens is 280 g/mol. The molecule has 0 bridgehead atoms. The zero-order valence-electron chi connectivity index (χ0n) is 8.07. The van der Waals surface area contributed by atoms with Crippen LogP contribution in [-0.2, 0) is 11.3 Å². The fourth-order valence-corrected chi connectivity index (χ4v) is 2.49. The van der Waals surface area contributed by atoms with Crippen molar-refractivity contribution in [3.63, 3.8) is 0 Å². The molecule has 0 aliphatic heterocycles. The lowest BCUT2D eigenvalue weighted by Crippen LogP contribution is -2.33. The maximum atomic E-state index is 10.4. The lowest BCUT2D eigenvalue weighted by atomic mass is 10.2. The Kier molecular flexibility index (Phi) is 5.24. The molecule has 0 saturated carbocycles. The van der Waals surface area contributed by atoms with E-state index >= 15 is 0 Å². The first-order valence-electron chi connectivity index (χ1n) is 4.53. The Morgan fingerprint density at radius 3 is 2.93 bits per heavy atom. The van der Waals surface area contributed by atoms with E-state index in [1.54, 1.807) is 11.3 Å². The summed E-state index contributed by atoms with van der Waals surface area (Å²) >= 11 is 5.04. The quantitative estimate of drug-likeness (QED) is 0.693. The molecule has 6 heteroatoms. The van der Waals surface area contributed by atoms with Gasteiger partial charge in [-0.15, -0.1) is 11.3 Å². The Morgan fingerprint density at radius 2 is 2.40 bits per heavy atom. The van der Waals surface area contributed by atoms with E-state index < -0.39 is 12.0 Å². The van der Waals surface area contributed by atoms with Crippen molar-refractivity contribution in [2.24, 2.45) is 5.73 Å². The molecule has 15 heavy (non-hydrogen) atoms. The first-order valence-corrected chi connectivity index (χ1v) is 6.14. The fraction of sp³-hybridized carbons (Fsp3) is 0.444. The van der Waals surface area contributed by atoms with Gasteiger partial charge in [-0.3, -0.25) is 4.79 Å². The van der Waals surface area contributed by atoms with Crippen LogP contribution in [0.1, 0.15) is 11.3 Å². The minimum atomic E-state index is -0.948. The van der Waals surface area contributed by atoms with E-state index in [-0.39, 0.29) is 0 Å². The largest absolute Gasteiger partial charge is 0.480 e. The third kappa shape index (κ3) is 4.74. The van der Waals surface area contributed by atoms with E-state index in [1.807, 2.05) is 12.1 Å². The molecule has 1 heterocycles. The van der Waals surface area contributed by atoms with Crippen LogP contribution in [0.15, 0.2) is 15.9 Å². The maximum Gasteiger partial charge on any atom is 0.320 e. The van der Waals surface area contributed by atoms with Crippen LogP contribution >= 0.6 is 27.3 Å². The molecule has 0 aliphatic rings. The molecule has 1 aromatic heterocycles. The zero-order valence-corrected chi connectivity index (χ0v) is 10.5. The third-order valence-corrected chi connectivity index (χ3v) is 3.50. The van der Waals surface area contributed by atoms with Crippen molar-refractivity contribution in [2.75, 3.05) is 6.54 Å². The SMILES string of the molecule is NC(CCNCc1ccc(Br)s1)C(=O)O. The standard InChI is InChI=1S/C9H13BrN2O2S/c10-8-2-1-6(15-8)5-12-4-3-7(11)9(13)14/h1-2,7,12H,3-5,11H2,(H,13,14). The maximum absolute atomic E-state index is 10.4. The minimum Gasteiger partial charge on any atom is -0.480 e. The average Bonchev–Trinajstić information content (AvgIpc) is 2.58. The molecule has 0 fully saturated rings. The summed E-state index contributed by atoms with van der Waals surface area (Å²) in [7, 11) is 0. The van der Waals surface area contributed by atoms with Crippen molar-refractivity contribution in [3.8, 4) is 0 Å². The number of hydrogen-bond acceptors (Lipinski definition) is 4. The van der Waals surface area contributed by atoms with Gasteiger partial charge in [0, 0.05) is 11.4 Å². The smallest absolute Gasteiger partial charge is 0.320 e. The summed E-state index contributed by atoms with van der Waals surface area (Å²) in [6.45, 7) is 1.37. The summed E-state index contributed by atoms with van der Waals surface area (Å²) in [5.41, 5.74) is 5.36. The van der Waals surface area contributed by atoms with Crippen LogP contribution in [0.3, 0.4) is 0 Å². The van der Waals surface area contributed by atoms with Gasteiger partial charge in [0.15, 0.2) is 0 Å². The summed E-state index contributed by atoms with van der Waals surface area (Å²) in [6.07, 6.45) is 0.446. The van der Waals surface area contributed by atoms with E-state index in [1.165, 1.54) is 4.88 Å². The van der Waals surface area contributed by atoms with Crippen molar-refractivity contribution in [1.29, 1.82) is 0 Å². The molecule has 1 unspecified atom stereocenters. The second kappa shape index (κ2) is 6.22. The van der Waals surface area contributed by atoms with Crippen molar-refractivity contribution in [3.05, 3.63) is 20.8 Å². The molecular formula is C9H13BrN2O2S. The molecule has 4 nitrogen and oxygen atoms in total. The molecule has 0 spiro atoms. The van der Waals surface area contributed by atoms with Gasteiger partial charge in [0.2, 0.25) is 0 Å². The van der Waals surface area contributed by atoms with Gasteiger partial charge in [-0.25, -0.2) is 0 Å². The van der Waals surface area contributed by atoms with Gasteiger partial charge in [0.05, 0.1) is 3.79 Å². The number of rotatable bonds is 6. The van der Waals surface area contributed by atoms with Crippen LogP contribution in [-0.4, -0.2) is 23.7 Å². The predicted octanol–water partition coefficient (Wildman–Crippen LogP) is 1.40. The third-order valence-electron chi connectivity index (χ3n) is 1.88. The van der Waals surface area contributed by atoms with E-state index in [9.17, 15) is 4.79 Å². The second-order valence-corrected chi connectivity index (χ2v) is 5.66. The molecule has 1 atom stereocenters. The number of thiophene rings is 1. The highest BCUT2D eigenvalue weighted by atomic mass is 79.9. The Morgan fingerprint density at radius 1 is 1.67 bits per heavy atom. The zero-order chi connectivity index (χ0) is 11.3. The van der Waals surface area contributed by atoms with Crippen LogP contribution in [0.2, 0.25) is 0 Å². The molecule has 0 radical (unpaired) electrons. The van der Waals surface area contributed by atoms with Gasteiger partial charge >= 0.3 is 5.97 Å². The van der Waals surface area contributed by atoms with Crippen molar-refractivity contribution < 1.29 is 9.90 Å². The van der Waals surface area contributed by atoms with Gasteiger partial charge in [-0.1, -0.05) is 0 Å². The predicted molar refractivity (Wildman–Crippen MR) is 64.0 cm³/mol. The van der Waals surface area contributed by atoms with Gasteiger partial charge in [0.25, 0.3) is 0 Å². The summed E-state index contributed by atoms with van der Waals surface area (Å²) < 4.78 is 1.10. The van der Waals surface area contributed by atoms with Gasteiger partial charge in [-0.2, -0.15) is 0 Å². The number of carbonyl (C=O) groups is 1. The number of aliphatic carboxylic acids is 1. The van der Waals surface area contributed by atoms with E-state index in [0.717, 1.165) is 10.3 Å². The summed E-state index contributed by atoms with van der Waals surface area (Å²) in [5, 5.41) is 11.7. The molecule has 0 amide bonds. The van der Waals surface area contributed by atoms with Crippen molar-refractivity contribution in [1.82, 2.24) is 5.32 Å². The normalized spacial score (nSPS) is 12.7. The molecule has 1 aromatic rings. The summed E-state index contributed by atoms with van der Waals surface area (Å²) in [4.78, 5) is 11.6. The Bertz CT molecular complexity index is 330. The van der Waals surface area contributed by atoms with Gasteiger partial charge < -0.3 is 16.2 Å². The van der Waals surface area contributed by atoms with Crippen LogP contribution < -0.4 is 11.1 Å². The average molecular weight is 293 g/mol. The highest BCUT2D eigenvalue weighted by Gasteiger charge is 2.09. The van der Waals surface area contributed by atoms with Crippen LogP contribution in [0.4, 0.5) is 0 Å². The highest BCUT2D eigenvalue weighted by Crippen LogP contribution is 2.21. The van der Waals surface area contributed by atoms with Crippen LogP contribution in [0, 0.1) is 0 Å². The Hall–Kier alpha value is -0.430. The van der Waals surface area contributed by atoms with E-state index in [2.05, 4.69) is 21.2 Å². The molecule has 1 rings (SSSR count). The lowest BCUT2D eigenvalue weighted by Gasteiger charge is -2.06. The fourth-order valence-electron chi connectivity index (χ4n) is 1.04. The monoisotopic (exact) mass is 292 g/mol. The Balaban J connectivity index is 2.14. The van der Waals surface area contributed by atoms with E-state index in [0.29, 0.717) is 13.0 Å². The number of carboxylic acids is 1. The first kappa shape index (κ1) is 12.6. The van der Waals surface area contributed by atoms with E-state index in [4.69, 9.17) is 10.8 Å². The van der Waals surface area contributed by atoms with Crippen molar-refractivity contribution >= 4 is 33.2 Å². The van der Waals surface area contributed by atoms with Gasteiger partial charge in [-0.05, 0) is 41.0 Å². The number of hydrogen-bond donors (Lipinski definition) is 3. The van der Waals surface area contributed by atoms with Gasteiger partial charge in [0.1, 0.15) is 6.04 Å². The van der Waals surface area contributed by atoms with Crippen molar-refractivity contribution in [2.45, 2.75) is 19.0 Å².